The van der Waals surface area contributed by atoms with Crippen LogP contribution in [0.2, 0.25) is 0 Å². The van der Waals surface area contributed by atoms with Crippen LogP contribution in [-0.4, -0.2) is 63.6 Å². The van der Waals surface area contributed by atoms with E-state index in [0.29, 0.717) is 0 Å². The van der Waals surface area contributed by atoms with Gasteiger partial charge >= 0.3 is 12.0 Å². The highest BCUT2D eigenvalue weighted by molar-refractivity contribution is 5.83. The van der Waals surface area contributed by atoms with Crippen LogP contribution in [0.5, 0.6) is 0 Å². The standard InChI is InChI=1S/C10H20N2O5/c1-6(14)7(8(15)16)11-9(17)12(4)10(2,3)5-13/h6-7,13-14H,5H2,1-4H3,(H,11,17)(H,15,16). The summed E-state index contributed by atoms with van der Waals surface area (Å²) in [4.78, 5) is 23.7. The van der Waals surface area contributed by atoms with Crippen LogP contribution in [0.25, 0.3) is 0 Å². The van der Waals surface area contributed by atoms with Gasteiger partial charge in [0.15, 0.2) is 6.04 Å². The number of hydrogen-bond acceptors (Lipinski definition) is 4. The number of amides is 2. The van der Waals surface area contributed by atoms with E-state index in [4.69, 9.17) is 10.2 Å². The molecule has 4 N–H and O–H groups in total. The Hall–Kier alpha value is -1.34. The van der Waals surface area contributed by atoms with Gasteiger partial charge in [0.2, 0.25) is 0 Å². The third-order valence-electron chi connectivity index (χ3n) is 2.63. The molecule has 0 aliphatic heterocycles. The first-order chi connectivity index (χ1) is 7.63. The second kappa shape index (κ2) is 5.83. The molecule has 0 bridgehead atoms. The minimum absolute atomic E-state index is 0.261. The number of carboxylic acid groups (broad SMARTS) is 1. The zero-order valence-corrected chi connectivity index (χ0v) is 10.5. The van der Waals surface area contributed by atoms with Crippen LogP contribution < -0.4 is 5.32 Å². The average molecular weight is 248 g/mol. The van der Waals surface area contributed by atoms with Gasteiger partial charge in [0.1, 0.15) is 0 Å². The number of aliphatic hydroxyl groups excluding tert-OH is 2. The molecule has 0 aromatic carbocycles. The van der Waals surface area contributed by atoms with Crippen LogP contribution in [0.3, 0.4) is 0 Å². The smallest absolute Gasteiger partial charge is 0.328 e. The molecule has 0 aliphatic carbocycles. The lowest BCUT2D eigenvalue weighted by molar-refractivity contribution is -0.141. The summed E-state index contributed by atoms with van der Waals surface area (Å²) in [5, 5.41) is 29.3. The minimum atomic E-state index is -1.38. The maximum absolute atomic E-state index is 11.7. The quantitative estimate of drug-likeness (QED) is 0.511. The van der Waals surface area contributed by atoms with E-state index in [2.05, 4.69) is 5.32 Å². The van der Waals surface area contributed by atoms with Crippen molar-refractivity contribution < 1.29 is 24.9 Å². The van der Waals surface area contributed by atoms with Gasteiger partial charge in [-0.2, -0.15) is 0 Å². The molecule has 0 aromatic rings. The third-order valence-corrected chi connectivity index (χ3v) is 2.63. The van der Waals surface area contributed by atoms with E-state index in [-0.39, 0.29) is 6.61 Å². The molecule has 0 saturated carbocycles. The molecule has 0 spiro atoms. The molecule has 100 valence electrons. The molecule has 0 saturated heterocycles. The van der Waals surface area contributed by atoms with E-state index in [1.807, 2.05) is 0 Å². The van der Waals surface area contributed by atoms with Crippen molar-refractivity contribution in [3.63, 3.8) is 0 Å². The molecule has 0 aliphatic rings. The van der Waals surface area contributed by atoms with Crippen molar-refractivity contribution in [2.75, 3.05) is 13.7 Å². The number of carbonyl (C=O) groups is 2. The van der Waals surface area contributed by atoms with E-state index in [9.17, 15) is 14.7 Å². The summed E-state index contributed by atoms with van der Waals surface area (Å²) in [6, 6.07) is -2.04. The van der Waals surface area contributed by atoms with Crippen LogP contribution in [0.4, 0.5) is 4.79 Å². The number of carbonyl (C=O) groups excluding carboxylic acids is 1. The lowest BCUT2D eigenvalue weighted by Crippen LogP contribution is -2.57. The molecular weight excluding hydrogens is 228 g/mol. The summed E-state index contributed by atoms with van der Waals surface area (Å²) in [5.41, 5.74) is -0.814. The van der Waals surface area contributed by atoms with E-state index >= 15 is 0 Å². The number of rotatable bonds is 5. The van der Waals surface area contributed by atoms with Crippen LogP contribution in [0.15, 0.2) is 0 Å². The number of nitrogens with one attached hydrogen (secondary N) is 1. The van der Waals surface area contributed by atoms with Gasteiger partial charge < -0.3 is 25.5 Å². The van der Waals surface area contributed by atoms with Crippen molar-refractivity contribution in [3.8, 4) is 0 Å². The number of carboxylic acids is 1. The highest BCUT2D eigenvalue weighted by Gasteiger charge is 2.31. The Bertz CT molecular complexity index is 290. The van der Waals surface area contributed by atoms with Crippen LogP contribution in [0.1, 0.15) is 20.8 Å². The Morgan fingerprint density at radius 1 is 1.41 bits per heavy atom. The molecular formula is C10H20N2O5. The van der Waals surface area contributed by atoms with Gasteiger partial charge in [-0.1, -0.05) is 0 Å². The molecule has 0 radical (unpaired) electrons. The topological polar surface area (TPSA) is 110 Å². The summed E-state index contributed by atoms with van der Waals surface area (Å²) in [7, 11) is 1.44. The Balaban J connectivity index is 4.68. The maximum atomic E-state index is 11.7. The van der Waals surface area contributed by atoms with Crippen LogP contribution in [0, 0.1) is 0 Å². The molecule has 2 atom stereocenters. The minimum Gasteiger partial charge on any atom is -0.480 e. The summed E-state index contributed by atoms with van der Waals surface area (Å²) < 4.78 is 0. The first kappa shape index (κ1) is 15.7. The fourth-order valence-corrected chi connectivity index (χ4v) is 0.999. The Morgan fingerprint density at radius 3 is 2.18 bits per heavy atom. The normalized spacial score (nSPS) is 14.9. The predicted molar refractivity (Wildman–Crippen MR) is 60.6 cm³/mol. The maximum Gasteiger partial charge on any atom is 0.328 e. The molecule has 0 rings (SSSR count). The molecule has 2 unspecified atom stereocenters. The fourth-order valence-electron chi connectivity index (χ4n) is 0.999. The summed E-state index contributed by atoms with van der Waals surface area (Å²) in [6.07, 6.45) is -1.21. The van der Waals surface area contributed by atoms with Gasteiger partial charge in [0.25, 0.3) is 0 Å². The highest BCUT2D eigenvalue weighted by atomic mass is 16.4. The van der Waals surface area contributed by atoms with Crippen molar-refractivity contribution in [1.29, 1.82) is 0 Å². The van der Waals surface area contributed by atoms with Crippen molar-refractivity contribution in [1.82, 2.24) is 10.2 Å². The van der Waals surface area contributed by atoms with Gasteiger partial charge in [-0.3, -0.25) is 0 Å². The van der Waals surface area contributed by atoms with Gasteiger partial charge in [-0.15, -0.1) is 0 Å². The number of urea groups is 1. The number of aliphatic carboxylic acids is 1. The van der Waals surface area contributed by atoms with E-state index in [1.54, 1.807) is 13.8 Å². The van der Waals surface area contributed by atoms with E-state index in [1.165, 1.54) is 18.9 Å². The van der Waals surface area contributed by atoms with Crippen molar-refractivity contribution in [3.05, 3.63) is 0 Å². The van der Waals surface area contributed by atoms with Crippen molar-refractivity contribution in [2.45, 2.75) is 38.5 Å². The first-order valence-electron chi connectivity index (χ1n) is 5.19. The number of aliphatic hydroxyl groups is 2. The lowest BCUT2D eigenvalue weighted by Gasteiger charge is -2.34. The molecule has 0 heterocycles. The molecule has 7 nitrogen and oxygen atoms in total. The first-order valence-corrected chi connectivity index (χ1v) is 5.19. The summed E-state index contributed by atoms with van der Waals surface area (Å²) in [5.74, 6) is -1.32. The second-order valence-electron chi connectivity index (χ2n) is 4.54. The van der Waals surface area contributed by atoms with Gasteiger partial charge in [-0.05, 0) is 20.8 Å². The Morgan fingerprint density at radius 2 is 1.88 bits per heavy atom. The average Bonchev–Trinajstić information content (AvgIpc) is 2.23. The van der Waals surface area contributed by atoms with E-state index in [0.717, 1.165) is 0 Å². The van der Waals surface area contributed by atoms with Crippen molar-refractivity contribution in [2.24, 2.45) is 0 Å². The summed E-state index contributed by atoms with van der Waals surface area (Å²) >= 11 is 0. The number of likely N-dealkylation sites (N-methyl/N-ethyl adjacent to an activating group) is 1. The number of hydrogen-bond donors (Lipinski definition) is 4. The van der Waals surface area contributed by atoms with Gasteiger partial charge in [0, 0.05) is 7.05 Å². The predicted octanol–water partition coefficient (Wildman–Crippen LogP) is -0.767. The number of nitrogens with zero attached hydrogens (tertiary/aromatic N) is 1. The van der Waals surface area contributed by atoms with Crippen molar-refractivity contribution >= 4 is 12.0 Å². The Labute approximate surface area is 100 Å². The highest BCUT2D eigenvalue weighted by Crippen LogP contribution is 2.11. The van der Waals surface area contributed by atoms with Crippen LogP contribution >= 0.6 is 0 Å². The zero-order chi connectivity index (χ0) is 13.8. The molecule has 17 heavy (non-hydrogen) atoms. The lowest BCUT2D eigenvalue weighted by atomic mass is 10.1. The zero-order valence-electron chi connectivity index (χ0n) is 10.5. The fraction of sp³-hybridized carbons (Fsp3) is 0.800. The SMILES string of the molecule is CC(O)C(NC(=O)N(C)C(C)(C)CO)C(=O)O. The second-order valence-corrected chi connectivity index (χ2v) is 4.54. The Kier molecular flexibility index (Phi) is 5.37. The largest absolute Gasteiger partial charge is 0.480 e. The van der Waals surface area contributed by atoms with E-state index < -0.39 is 29.7 Å². The van der Waals surface area contributed by atoms with Crippen LogP contribution in [-0.2, 0) is 4.79 Å². The third kappa shape index (κ3) is 4.20. The monoisotopic (exact) mass is 248 g/mol. The molecule has 0 fully saturated rings. The summed E-state index contributed by atoms with van der Waals surface area (Å²) in [6.45, 7) is 4.27. The molecule has 0 aromatic heterocycles. The van der Waals surface area contributed by atoms with Gasteiger partial charge in [0.05, 0.1) is 18.2 Å². The molecule has 2 amide bonds. The van der Waals surface area contributed by atoms with Gasteiger partial charge in [-0.25, -0.2) is 9.59 Å². The molecule has 7 heteroatoms.